The first-order chi connectivity index (χ1) is 10.5. The lowest BCUT2D eigenvalue weighted by Gasteiger charge is -2.26. The summed E-state index contributed by atoms with van der Waals surface area (Å²) in [5, 5.41) is 12.8. The molecule has 5 N–H and O–H groups in total. The quantitative estimate of drug-likeness (QED) is 0.599. The van der Waals surface area contributed by atoms with Gasteiger partial charge in [0, 0.05) is 5.02 Å². The first kappa shape index (κ1) is 14.4. The molecule has 1 unspecified atom stereocenters. The second kappa shape index (κ2) is 5.33. The first-order valence-corrected chi connectivity index (χ1v) is 7.08. The lowest BCUT2D eigenvalue weighted by Crippen LogP contribution is -2.30. The maximum atomic E-state index is 12.3. The number of benzene rings is 1. The van der Waals surface area contributed by atoms with Crippen LogP contribution < -0.4 is 16.6 Å². The van der Waals surface area contributed by atoms with E-state index in [9.17, 15) is 10.1 Å². The van der Waals surface area contributed by atoms with E-state index in [1.54, 1.807) is 24.3 Å². The van der Waals surface area contributed by atoms with Crippen molar-refractivity contribution in [3.8, 4) is 6.07 Å². The highest BCUT2D eigenvalue weighted by molar-refractivity contribution is 7.71. The van der Waals surface area contributed by atoms with Crippen LogP contribution in [0.25, 0.3) is 0 Å². The number of hydrogen-bond acceptors (Lipinski definition) is 5. The third-order valence-electron chi connectivity index (χ3n) is 3.43. The predicted molar refractivity (Wildman–Crippen MR) is 86.0 cm³/mol. The Morgan fingerprint density at radius 3 is 2.59 bits per heavy atom. The number of anilines is 1. The van der Waals surface area contributed by atoms with E-state index in [0.717, 1.165) is 5.56 Å². The van der Waals surface area contributed by atoms with Gasteiger partial charge in [-0.1, -0.05) is 23.7 Å². The van der Waals surface area contributed by atoms with Crippen molar-refractivity contribution < 1.29 is 0 Å². The molecule has 0 spiro atoms. The Hall–Kier alpha value is -2.56. The van der Waals surface area contributed by atoms with Crippen molar-refractivity contribution in [2.24, 2.45) is 5.73 Å². The van der Waals surface area contributed by atoms with Gasteiger partial charge in [0.25, 0.3) is 5.56 Å². The van der Waals surface area contributed by atoms with Gasteiger partial charge in [0.2, 0.25) is 0 Å². The van der Waals surface area contributed by atoms with Crippen LogP contribution >= 0.6 is 23.8 Å². The van der Waals surface area contributed by atoms with Gasteiger partial charge in [0.15, 0.2) is 4.77 Å². The molecule has 0 saturated carbocycles. The maximum Gasteiger partial charge on any atom is 0.258 e. The summed E-state index contributed by atoms with van der Waals surface area (Å²) in [5.41, 5.74) is 6.92. The predicted octanol–water partition coefficient (Wildman–Crippen LogP) is 2.34. The minimum atomic E-state index is -0.589. The van der Waals surface area contributed by atoms with Crippen molar-refractivity contribution in [2.45, 2.75) is 5.92 Å². The second-order valence-corrected chi connectivity index (χ2v) is 5.59. The third kappa shape index (κ3) is 2.28. The summed E-state index contributed by atoms with van der Waals surface area (Å²) in [6.07, 6.45) is 0. The SMILES string of the molecule is N#CC1=C(N)Nc2[nH]c(=S)[nH]c(=O)c2C1c1ccc(Cl)cc1. The van der Waals surface area contributed by atoms with Gasteiger partial charge in [-0.3, -0.25) is 9.78 Å². The average molecular weight is 332 g/mol. The first-order valence-electron chi connectivity index (χ1n) is 6.30. The maximum absolute atomic E-state index is 12.3. The van der Waals surface area contributed by atoms with E-state index < -0.39 is 5.92 Å². The van der Waals surface area contributed by atoms with E-state index in [0.29, 0.717) is 16.4 Å². The highest BCUT2D eigenvalue weighted by Gasteiger charge is 2.31. The average Bonchev–Trinajstić information content (AvgIpc) is 2.46. The van der Waals surface area contributed by atoms with Crippen LogP contribution in [0.15, 0.2) is 40.5 Å². The number of allylic oxidation sites excluding steroid dienone is 1. The second-order valence-electron chi connectivity index (χ2n) is 4.75. The van der Waals surface area contributed by atoms with Gasteiger partial charge in [-0.05, 0) is 29.9 Å². The molecule has 22 heavy (non-hydrogen) atoms. The Labute approximate surface area is 135 Å². The summed E-state index contributed by atoms with van der Waals surface area (Å²) in [4.78, 5) is 17.7. The highest BCUT2D eigenvalue weighted by Crippen LogP contribution is 2.37. The van der Waals surface area contributed by atoms with Gasteiger partial charge in [0.1, 0.15) is 11.6 Å². The zero-order valence-corrected chi connectivity index (χ0v) is 12.7. The molecule has 0 aliphatic carbocycles. The molecule has 2 heterocycles. The molecule has 1 aliphatic heterocycles. The Balaban J connectivity index is 2.32. The molecule has 0 saturated heterocycles. The molecule has 2 aromatic rings. The van der Waals surface area contributed by atoms with Gasteiger partial charge in [-0.15, -0.1) is 0 Å². The van der Waals surface area contributed by atoms with Gasteiger partial charge >= 0.3 is 0 Å². The number of aromatic amines is 2. The molecule has 0 radical (unpaired) electrons. The Kier molecular flexibility index (Phi) is 3.48. The normalized spacial score (nSPS) is 16.6. The van der Waals surface area contributed by atoms with Crippen molar-refractivity contribution in [3.05, 3.63) is 66.9 Å². The molecule has 6 nitrogen and oxygen atoms in total. The number of nitrogens with one attached hydrogen (secondary N) is 3. The van der Waals surface area contributed by atoms with Crippen LogP contribution in [-0.4, -0.2) is 9.97 Å². The molecule has 0 bridgehead atoms. The molecule has 1 atom stereocenters. The molecular formula is C14H10ClN5OS. The van der Waals surface area contributed by atoms with Gasteiger partial charge in [-0.2, -0.15) is 5.26 Å². The van der Waals surface area contributed by atoms with E-state index in [1.807, 2.05) is 0 Å². The zero-order chi connectivity index (χ0) is 15.9. The van der Waals surface area contributed by atoms with Crippen molar-refractivity contribution in [1.29, 1.82) is 5.26 Å². The number of hydrogen-bond donors (Lipinski definition) is 4. The summed E-state index contributed by atoms with van der Waals surface area (Å²) in [7, 11) is 0. The van der Waals surface area contributed by atoms with Crippen molar-refractivity contribution in [3.63, 3.8) is 0 Å². The molecule has 110 valence electrons. The lowest BCUT2D eigenvalue weighted by atomic mass is 9.84. The summed E-state index contributed by atoms with van der Waals surface area (Å²) >= 11 is 10.9. The summed E-state index contributed by atoms with van der Waals surface area (Å²) in [6.45, 7) is 0. The monoisotopic (exact) mass is 331 g/mol. The van der Waals surface area contributed by atoms with Crippen LogP contribution in [0, 0.1) is 16.1 Å². The zero-order valence-electron chi connectivity index (χ0n) is 11.1. The lowest BCUT2D eigenvalue weighted by molar-refractivity contribution is 0.875. The van der Waals surface area contributed by atoms with E-state index in [4.69, 9.17) is 29.6 Å². The van der Waals surface area contributed by atoms with E-state index in [1.165, 1.54) is 0 Å². The van der Waals surface area contributed by atoms with Crippen LogP contribution in [0.5, 0.6) is 0 Å². The smallest absolute Gasteiger partial charge is 0.258 e. The minimum Gasteiger partial charge on any atom is -0.384 e. The Bertz CT molecular complexity index is 935. The van der Waals surface area contributed by atoms with E-state index >= 15 is 0 Å². The summed E-state index contributed by atoms with van der Waals surface area (Å²) < 4.78 is 0.180. The number of aromatic nitrogens is 2. The van der Waals surface area contributed by atoms with E-state index in [-0.39, 0.29) is 21.7 Å². The summed E-state index contributed by atoms with van der Waals surface area (Å²) in [6, 6.07) is 8.98. The van der Waals surface area contributed by atoms with Gasteiger partial charge in [-0.25, -0.2) is 0 Å². The number of nitriles is 1. The number of nitrogens with zero attached hydrogens (tertiary/aromatic N) is 1. The molecule has 1 aromatic carbocycles. The van der Waals surface area contributed by atoms with Crippen molar-refractivity contribution in [2.75, 3.05) is 5.32 Å². The summed E-state index contributed by atoms with van der Waals surface area (Å²) in [5.74, 6) is -0.00878. The molecule has 1 aromatic heterocycles. The number of halogens is 1. The highest BCUT2D eigenvalue weighted by atomic mass is 35.5. The van der Waals surface area contributed by atoms with Crippen molar-refractivity contribution in [1.82, 2.24) is 9.97 Å². The fourth-order valence-corrected chi connectivity index (χ4v) is 2.81. The molecule has 3 rings (SSSR count). The third-order valence-corrected chi connectivity index (χ3v) is 3.89. The number of nitrogens with two attached hydrogens (primary N) is 1. The molecule has 0 amide bonds. The fourth-order valence-electron chi connectivity index (χ4n) is 2.49. The van der Waals surface area contributed by atoms with Crippen LogP contribution in [0.1, 0.15) is 17.0 Å². The Morgan fingerprint density at radius 2 is 1.95 bits per heavy atom. The van der Waals surface area contributed by atoms with Crippen LogP contribution in [0.3, 0.4) is 0 Å². The van der Waals surface area contributed by atoms with Crippen LogP contribution in [-0.2, 0) is 0 Å². The molecule has 8 heteroatoms. The number of H-pyrrole nitrogens is 2. The molecule has 0 fully saturated rings. The van der Waals surface area contributed by atoms with Crippen LogP contribution in [0.4, 0.5) is 5.82 Å². The Morgan fingerprint density at radius 1 is 1.27 bits per heavy atom. The number of fused-ring (bicyclic) bond motifs is 1. The van der Waals surface area contributed by atoms with E-state index in [2.05, 4.69) is 21.4 Å². The standard InChI is InChI=1S/C14H10ClN5OS/c15-7-3-1-6(2-4-7)9-8(5-16)11(17)18-12-10(9)13(21)20-14(22)19-12/h1-4,9H,17H2,(H3,18,19,20,21,22). The van der Waals surface area contributed by atoms with Gasteiger partial charge in [0.05, 0.1) is 23.1 Å². The largest absolute Gasteiger partial charge is 0.384 e. The van der Waals surface area contributed by atoms with Crippen LogP contribution in [0.2, 0.25) is 5.02 Å². The minimum absolute atomic E-state index is 0.180. The molecule has 1 aliphatic rings. The van der Waals surface area contributed by atoms with Gasteiger partial charge < -0.3 is 16.0 Å². The molecular weight excluding hydrogens is 322 g/mol. The topological polar surface area (TPSA) is 110 Å². The fraction of sp³-hybridized carbons (Fsp3) is 0.0714. The van der Waals surface area contributed by atoms with Crippen molar-refractivity contribution >= 4 is 29.6 Å². The number of rotatable bonds is 1.